The van der Waals surface area contributed by atoms with Gasteiger partial charge in [-0.15, -0.1) is 11.3 Å². The summed E-state index contributed by atoms with van der Waals surface area (Å²) in [7, 11) is 0. The number of piperazine rings is 1. The van der Waals surface area contributed by atoms with Crippen molar-refractivity contribution in [1.29, 1.82) is 0 Å². The molecule has 3 fully saturated rings. The highest BCUT2D eigenvalue weighted by atomic mass is 32.1. The molecule has 0 unspecified atom stereocenters. The minimum Gasteiger partial charge on any atom is -0.340 e. The van der Waals surface area contributed by atoms with Crippen LogP contribution in [0.4, 0.5) is 0 Å². The van der Waals surface area contributed by atoms with Crippen molar-refractivity contribution in [2.75, 3.05) is 45.8 Å². The highest BCUT2D eigenvalue weighted by molar-refractivity contribution is 7.18. The van der Waals surface area contributed by atoms with E-state index in [4.69, 9.17) is 4.98 Å². The summed E-state index contributed by atoms with van der Waals surface area (Å²) < 4.78 is 1.27. The van der Waals surface area contributed by atoms with Crippen LogP contribution in [0.25, 0.3) is 16.3 Å². The lowest BCUT2D eigenvalue weighted by molar-refractivity contribution is -0.135. The molecule has 3 aliphatic rings. The van der Waals surface area contributed by atoms with Gasteiger partial charge in [-0.05, 0) is 55.5 Å². The molecule has 182 valence electrons. The van der Waals surface area contributed by atoms with Gasteiger partial charge in [-0.1, -0.05) is 54.6 Å². The maximum Gasteiger partial charge on any atom is 0.226 e. The van der Waals surface area contributed by atoms with E-state index in [1.807, 2.05) is 17.4 Å². The van der Waals surface area contributed by atoms with Gasteiger partial charge in [0.1, 0.15) is 5.01 Å². The third kappa shape index (κ3) is 5.06. The lowest BCUT2D eigenvalue weighted by Gasteiger charge is -2.36. The molecule has 1 atom stereocenters. The van der Waals surface area contributed by atoms with Crippen molar-refractivity contribution in [2.45, 2.75) is 25.8 Å². The number of benzene rings is 2. The van der Waals surface area contributed by atoms with Gasteiger partial charge in [-0.3, -0.25) is 14.6 Å². The Labute approximate surface area is 212 Å². The average Bonchev–Trinajstić information content (AvgIpc) is 3.44. The number of aromatic nitrogens is 1. The van der Waals surface area contributed by atoms with Gasteiger partial charge in [-0.2, -0.15) is 0 Å². The molecule has 1 saturated carbocycles. The summed E-state index contributed by atoms with van der Waals surface area (Å²) in [6.45, 7) is 7.75. The van der Waals surface area contributed by atoms with Crippen LogP contribution in [-0.4, -0.2) is 71.4 Å². The minimum atomic E-state index is 0.261. The molecule has 0 radical (unpaired) electrons. The Morgan fingerprint density at radius 3 is 2.46 bits per heavy atom. The van der Waals surface area contributed by atoms with Crippen LogP contribution in [0.2, 0.25) is 0 Å². The number of fused-ring (bicyclic) bond motifs is 1. The van der Waals surface area contributed by atoms with Crippen LogP contribution in [0.15, 0.2) is 60.7 Å². The molecule has 0 N–H and O–H groups in total. The van der Waals surface area contributed by atoms with Crippen LogP contribution in [0, 0.1) is 11.3 Å². The Morgan fingerprint density at radius 2 is 1.69 bits per heavy atom. The molecule has 3 aromatic rings. The molecule has 6 rings (SSSR count). The summed E-state index contributed by atoms with van der Waals surface area (Å²) in [5, 5.41) is 1.21. The van der Waals surface area contributed by atoms with E-state index in [2.05, 4.69) is 75.4 Å². The summed E-state index contributed by atoms with van der Waals surface area (Å²) in [5.74, 6) is 0.681. The van der Waals surface area contributed by atoms with Crippen molar-refractivity contribution < 1.29 is 4.79 Å². The monoisotopic (exact) mass is 486 g/mol. The summed E-state index contributed by atoms with van der Waals surface area (Å²) in [6.07, 6.45) is 7.83. The van der Waals surface area contributed by atoms with Gasteiger partial charge in [0.05, 0.1) is 16.8 Å². The van der Waals surface area contributed by atoms with Gasteiger partial charge in [0.2, 0.25) is 5.91 Å². The summed E-state index contributed by atoms with van der Waals surface area (Å²) >= 11 is 1.81. The van der Waals surface area contributed by atoms with E-state index >= 15 is 0 Å². The number of carbonyl (C=O) groups excluding carboxylic acids is 1. The molecule has 1 aliphatic carbocycles. The van der Waals surface area contributed by atoms with Crippen molar-refractivity contribution in [3.05, 3.63) is 71.2 Å². The van der Waals surface area contributed by atoms with Gasteiger partial charge in [0.15, 0.2) is 0 Å². The Bertz CT molecular complexity index is 1160. The van der Waals surface area contributed by atoms with E-state index in [9.17, 15) is 4.79 Å². The van der Waals surface area contributed by atoms with Crippen molar-refractivity contribution in [3.63, 3.8) is 0 Å². The number of amides is 1. The molecule has 1 aromatic heterocycles. The Balaban J connectivity index is 0.948. The van der Waals surface area contributed by atoms with Crippen LogP contribution in [0.1, 0.15) is 29.8 Å². The molecule has 0 bridgehead atoms. The standard InChI is InChI=1S/C29H34N4OS/c34-28(33-19-17-31(18-20-33)14-6-9-23-7-2-1-3-8-23)24-21-29(24)12-15-32(16-13-29)22-27-30-25-10-4-5-11-26(25)35-27/h1-11,24H,12-22H2/b9-6+/t24-/m1/s1. The highest BCUT2D eigenvalue weighted by Crippen LogP contribution is 2.60. The van der Waals surface area contributed by atoms with E-state index in [-0.39, 0.29) is 11.3 Å². The van der Waals surface area contributed by atoms with Gasteiger partial charge >= 0.3 is 0 Å². The van der Waals surface area contributed by atoms with Gasteiger partial charge in [-0.25, -0.2) is 4.98 Å². The predicted octanol–water partition coefficient (Wildman–Crippen LogP) is 4.76. The fraction of sp³-hybridized carbons (Fsp3) is 0.448. The number of likely N-dealkylation sites (tertiary alicyclic amines) is 1. The molecule has 35 heavy (non-hydrogen) atoms. The number of hydrogen-bond donors (Lipinski definition) is 0. The van der Waals surface area contributed by atoms with Gasteiger partial charge < -0.3 is 4.90 Å². The first-order valence-corrected chi connectivity index (χ1v) is 13.8. The SMILES string of the molecule is O=C([C@H]1CC12CCN(Cc1nc3ccccc3s1)CC2)N1CCN(C/C=C/c2ccccc2)CC1. The predicted molar refractivity (Wildman–Crippen MR) is 143 cm³/mol. The normalized spacial score (nSPS) is 22.9. The van der Waals surface area contributed by atoms with E-state index in [1.54, 1.807) is 0 Å². The number of rotatable bonds is 6. The molecule has 2 aliphatic heterocycles. The molecule has 2 saturated heterocycles. The Hall–Kier alpha value is -2.54. The molecular weight excluding hydrogens is 452 g/mol. The second-order valence-electron chi connectivity index (χ2n) is 10.4. The quantitative estimate of drug-likeness (QED) is 0.504. The van der Waals surface area contributed by atoms with Crippen molar-refractivity contribution in [2.24, 2.45) is 11.3 Å². The zero-order valence-corrected chi connectivity index (χ0v) is 21.1. The van der Waals surface area contributed by atoms with E-state index in [0.29, 0.717) is 5.91 Å². The van der Waals surface area contributed by atoms with Crippen LogP contribution < -0.4 is 0 Å². The molecule has 1 spiro atoms. The molecule has 3 heterocycles. The summed E-state index contributed by atoms with van der Waals surface area (Å²) in [5.41, 5.74) is 2.63. The zero-order valence-electron chi connectivity index (χ0n) is 20.3. The fourth-order valence-corrected chi connectivity index (χ4v) is 6.87. The second kappa shape index (κ2) is 9.84. The third-order valence-corrected chi connectivity index (χ3v) is 9.22. The van der Waals surface area contributed by atoms with E-state index < -0.39 is 0 Å². The van der Waals surface area contributed by atoms with Gasteiger partial charge in [0, 0.05) is 38.6 Å². The van der Waals surface area contributed by atoms with Crippen LogP contribution in [0.5, 0.6) is 0 Å². The topological polar surface area (TPSA) is 39.7 Å². The molecular formula is C29H34N4OS. The molecule has 6 heteroatoms. The number of piperidine rings is 1. The summed E-state index contributed by atoms with van der Waals surface area (Å²) in [6, 6.07) is 18.8. The molecule has 2 aromatic carbocycles. The largest absolute Gasteiger partial charge is 0.340 e. The average molecular weight is 487 g/mol. The summed E-state index contributed by atoms with van der Waals surface area (Å²) in [4.78, 5) is 25.2. The smallest absolute Gasteiger partial charge is 0.226 e. The Kier molecular flexibility index (Phi) is 6.44. The highest BCUT2D eigenvalue weighted by Gasteiger charge is 2.59. The van der Waals surface area contributed by atoms with Crippen LogP contribution >= 0.6 is 11.3 Å². The first kappa shape index (κ1) is 22.9. The van der Waals surface area contributed by atoms with Crippen LogP contribution in [-0.2, 0) is 11.3 Å². The number of carbonyl (C=O) groups is 1. The first-order valence-electron chi connectivity index (χ1n) is 13.0. The number of thiazole rings is 1. The van der Waals surface area contributed by atoms with E-state index in [1.165, 1.54) is 15.3 Å². The number of hydrogen-bond acceptors (Lipinski definition) is 5. The second-order valence-corrected chi connectivity index (χ2v) is 11.5. The minimum absolute atomic E-state index is 0.261. The van der Waals surface area contributed by atoms with Crippen molar-refractivity contribution in [1.82, 2.24) is 19.7 Å². The van der Waals surface area contributed by atoms with Crippen molar-refractivity contribution in [3.8, 4) is 0 Å². The van der Waals surface area contributed by atoms with Gasteiger partial charge in [0.25, 0.3) is 0 Å². The maximum absolute atomic E-state index is 13.3. The number of para-hydroxylation sites is 1. The lowest BCUT2D eigenvalue weighted by atomic mass is 9.90. The molecule has 1 amide bonds. The maximum atomic E-state index is 13.3. The zero-order chi connectivity index (χ0) is 23.7. The first-order chi connectivity index (χ1) is 17.2. The van der Waals surface area contributed by atoms with E-state index in [0.717, 1.165) is 77.1 Å². The lowest BCUT2D eigenvalue weighted by Crippen LogP contribution is -2.49. The Morgan fingerprint density at radius 1 is 0.943 bits per heavy atom. The van der Waals surface area contributed by atoms with Crippen molar-refractivity contribution >= 4 is 33.5 Å². The molecule has 5 nitrogen and oxygen atoms in total. The third-order valence-electron chi connectivity index (χ3n) is 8.19. The fourth-order valence-electron chi connectivity index (χ4n) is 5.86. The number of nitrogens with zero attached hydrogens (tertiary/aromatic N) is 4. The van der Waals surface area contributed by atoms with Crippen LogP contribution in [0.3, 0.4) is 0 Å².